The molecule has 0 fully saturated rings. The minimum atomic E-state index is 0.243. The Balaban J connectivity index is 2.62. The van der Waals surface area contributed by atoms with Crippen LogP contribution < -0.4 is 10.1 Å². The Morgan fingerprint density at radius 3 is 3.00 bits per heavy atom. The molecule has 0 aliphatic heterocycles. The highest BCUT2D eigenvalue weighted by molar-refractivity contribution is 5.48. The molecule has 2 heteroatoms. The first kappa shape index (κ1) is 11.5. The van der Waals surface area contributed by atoms with Crippen LogP contribution in [-0.4, -0.2) is 12.6 Å². The van der Waals surface area contributed by atoms with Crippen LogP contribution in [0.1, 0.15) is 20.3 Å². The molecule has 0 aromatic heterocycles. The van der Waals surface area contributed by atoms with Crippen LogP contribution in [0.25, 0.3) is 0 Å². The van der Waals surface area contributed by atoms with Gasteiger partial charge in [-0.2, -0.15) is 0 Å². The van der Waals surface area contributed by atoms with E-state index in [1.165, 1.54) is 0 Å². The van der Waals surface area contributed by atoms with Gasteiger partial charge in [0.15, 0.2) is 0 Å². The molecule has 0 radical (unpaired) electrons. The van der Waals surface area contributed by atoms with E-state index in [4.69, 9.17) is 11.2 Å². The van der Waals surface area contributed by atoms with Crippen LogP contribution in [0, 0.1) is 12.3 Å². The second kappa shape index (κ2) is 5.98. The van der Waals surface area contributed by atoms with Gasteiger partial charge < -0.3 is 10.1 Å². The van der Waals surface area contributed by atoms with E-state index in [2.05, 4.69) is 25.1 Å². The predicted molar refractivity (Wildman–Crippen MR) is 64.1 cm³/mol. The molecule has 1 aromatic rings. The molecule has 0 aliphatic carbocycles. The van der Waals surface area contributed by atoms with E-state index in [-0.39, 0.29) is 6.10 Å². The Morgan fingerprint density at radius 1 is 1.53 bits per heavy atom. The Labute approximate surface area is 91.6 Å². The summed E-state index contributed by atoms with van der Waals surface area (Å²) in [6.45, 7) is 4.69. The minimum absolute atomic E-state index is 0.243. The summed E-state index contributed by atoms with van der Waals surface area (Å²) in [5.74, 6) is 3.42. The maximum Gasteiger partial charge on any atom is 0.121 e. The summed E-state index contributed by atoms with van der Waals surface area (Å²) in [6, 6.07) is 7.84. The lowest BCUT2D eigenvalue weighted by Gasteiger charge is -2.13. The fourth-order valence-corrected chi connectivity index (χ4v) is 1.15. The van der Waals surface area contributed by atoms with Crippen LogP contribution in [0.15, 0.2) is 24.3 Å². The molecule has 0 spiro atoms. The van der Waals surface area contributed by atoms with E-state index in [9.17, 15) is 0 Å². The molecule has 80 valence electrons. The highest BCUT2D eigenvalue weighted by Gasteiger charge is 2.01. The third-order valence-corrected chi connectivity index (χ3v) is 2.14. The highest BCUT2D eigenvalue weighted by Crippen LogP contribution is 2.18. The van der Waals surface area contributed by atoms with E-state index >= 15 is 0 Å². The summed E-state index contributed by atoms with van der Waals surface area (Å²) in [6.07, 6.45) is 6.42. The van der Waals surface area contributed by atoms with Gasteiger partial charge in [0.1, 0.15) is 5.75 Å². The standard InChI is InChI=1S/C13H17NO/c1-4-9-14-12-7-6-8-13(10-12)15-11(3)5-2/h1,6-8,10-11,14H,5,9H2,2-3H3. The summed E-state index contributed by atoms with van der Waals surface area (Å²) in [4.78, 5) is 0. The van der Waals surface area contributed by atoms with E-state index in [0.29, 0.717) is 6.54 Å². The van der Waals surface area contributed by atoms with Gasteiger partial charge in [-0.05, 0) is 25.5 Å². The van der Waals surface area contributed by atoms with Gasteiger partial charge in [0.2, 0.25) is 0 Å². The van der Waals surface area contributed by atoms with Crippen molar-refractivity contribution in [3.63, 3.8) is 0 Å². The van der Waals surface area contributed by atoms with E-state index < -0.39 is 0 Å². The number of terminal acetylenes is 1. The second-order valence-corrected chi connectivity index (χ2v) is 3.42. The second-order valence-electron chi connectivity index (χ2n) is 3.42. The zero-order chi connectivity index (χ0) is 11.1. The smallest absolute Gasteiger partial charge is 0.121 e. The SMILES string of the molecule is C#CCNc1cccc(OC(C)CC)c1. The van der Waals surface area contributed by atoms with Gasteiger partial charge in [0, 0.05) is 11.8 Å². The number of hydrogen-bond acceptors (Lipinski definition) is 2. The van der Waals surface area contributed by atoms with Crippen molar-refractivity contribution in [2.75, 3.05) is 11.9 Å². The van der Waals surface area contributed by atoms with Crippen LogP contribution >= 0.6 is 0 Å². The summed E-state index contributed by atoms with van der Waals surface area (Å²) in [5, 5.41) is 3.11. The van der Waals surface area contributed by atoms with Crippen LogP contribution in [0.2, 0.25) is 0 Å². The first-order valence-electron chi connectivity index (χ1n) is 5.20. The van der Waals surface area contributed by atoms with Gasteiger partial charge >= 0.3 is 0 Å². The van der Waals surface area contributed by atoms with Gasteiger partial charge in [-0.15, -0.1) is 6.42 Å². The Bertz CT molecular complexity index is 341. The first-order chi connectivity index (χ1) is 7.26. The van der Waals surface area contributed by atoms with Gasteiger partial charge in [-0.3, -0.25) is 0 Å². The van der Waals surface area contributed by atoms with E-state index in [1.54, 1.807) is 0 Å². The topological polar surface area (TPSA) is 21.3 Å². The van der Waals surface area contributed by atoms with Crippen molar-refractivity contribution in [3.8, 4) is 18.1 Å². The van der Waals surface area contributed by atoms with Crippen molar-refractivity contribution in [1.29, 1.82) is 0 Å². The monoisotopic (exact) mass is 203 g/mol. The summed E-state index contributed by atoms with van der Waals surface area (Å²) < 4.78 is 5.69. The first-order valence-corrected chi connectivity index (χ1v) is 5.20. The van der Waals surface area contributed by atoms with Crippen molar-refractivity contribution in [1.82, 2.24) is 0 Å². The number of rotatable bonds is 5. The fraction of sp³-hybridized carbons (Fsp3) is 0.385. The number of nitrogens with one attached hydrogen (secondary N) is 1. The highest BCUT2D eigenvalue weighted by atomic mass is 16.5. The van der Waals surface area contributed by atoms with Crippen molar-refractivity contribution in [2.45, 2.75) is 26.4 Å². The lowest BCUT2D eigenvalue weighted by atomic mass is 10.2. The van der Waals surface area contributed by atoms with Crippen LogP contribution in [0.4, 0.5) is 5.69 Å². The van der Waals surface area contributed by atoms with Crippen molar-refractivity contribution in [2.24, 2.45) is 0 Å². The number of ether oxygens (including phenoxy) is 1. The Hall–Kier alpha value is -1.62. The Kier molecular flexibility index (Phi) is 4.56. The molecule has 1 unspecified atom stereocenters. The average Bonchev–Trinajstić information content (AvgIpc) is 2.26. The van der Waals surface area contributed by atoms with Gasteiger partial charge in [-0.1, -0.05) is 18.9 Å². The maximum atomic E-state index is 5.69. The lowest BCUT2D eigenvalue weighted by molar-refractivity contribution is 0.217. The molecule has 2 nitrogen and oxygen atoms in total. The van der Waals surface area contributed by atoms with Gasteiger partial charge in [0.05, 0.1) is 12.6 Å². The molecular weight excluding hydrogens is 186 g/mol. The molecule has 1 atom stereocenters. The van der Waals surface area contributed by atoms with Crippen molar-refractivity contribution < 1.29 is 4.74 Å². The van der Waals surface area contributed by atoms with Crippen molar-refractivity contribution in [3.05, 3.63) is 24.3 Å². The minimum Gasteiger partial charge on any atom is -0.491 e. The quantitative estimate of drug-likeness (QED) is 0.743. The fourth-order valence-electron chi connectivity index (χ4n) is 1.15. The summed E-state index contributed by atoms with van der Waals surface area (Å²) in [7, 11) is 0. The molecule has 0 aliphatic rings. The van der Waals surface area contributed by atoms with Crippen LogP contribution in [0.5, 0.6) is 5.75 Å². The number of anilines is 1. The molecule has 0 saturated carbocycles. The number of hydrogen-bond donors (Lipinski definition) is 1. The number of benzene rings is 1. The third kappa shape index (κ3) is 3.95. The summed E-state index contributed by atoms with van der Waals surface area (Å²) in [5.41, 5.74) is 0.994. The predicted octanol–water partition coefficient (Wildman–Crippen LogP) is 2.91. The molecule has 0 saturated heterocycles. The largest absolute Gasteiger partial charge is 0.491 e. The van der Waals surface area contributed by atoms with E-state index in [1.807, 2.05) is 24.3 Å². The Morgan fingerprint density at radius 2 is 2.33 bits per heavy atom. The molecule has 0 heterocycles. The molecular formula is C13H17NO. The molecule has 0 amide bonds. The third-order valence-electron chi connectivity index (χ3n) is 2.14. The average molecular weight is 203 g/mol. The summed E-state index contributed by atoms with van der Waals surface area (Å²) >= 11 is 0. The van der Waals surface area contributed by atoms with Gasteiger partial charge in [0.25, 0.3) is 0 Å². The van der Waals surface area contributed by atoms with Gasteiger partial charge in [-0.25, -0.2) is 0 Å². The lowest BCUT2D eigenvalue weighted by Crippen LogP contribution is -2.09. The molecule has 1 aromatic carbocycles. The van der Waals surface area contributed by atoms with Crippen LogP contribution in [-0.2, 0) is 0 Å². The molecule has 1 N–H and O–H groups in total. The maximum absolute atomic E-state index is 5.69. The molecule has 1 rings (SSSR count). The molecule has 0 bridgehead atoms. The zero-order valence-corrected chi connectivity index (χ0v) is 9.29. The van der Waals surface area contributed by atoms with Crippen molar-refractivity contribution >= 4 is 5.69 Å². The molecule has 15 heavy (non-hydrogen) atoms. The van der Waals surface area contributed by atoms with Crippen LogP contribution in [0.3, 0.4) is 0 Å². The normalized spacial score (nSPS) is 11.5. The zero-order valence-electron chi connectivity index (χ0n) is 9.29. The van der Waals surface area contributed by atoms with E-state index in [0.717, 1.165) is 17.9 Å².